The van der Waals surface area contributed by atoms with Crippen LogP contribution in [0, 0.1) is 11.3 Å². The Morgan fingerprint density at radius 2 is 2.14 bits per heavy atom. The number of anilines is 1. The molecule has 3 N–H and O–H groups in total. The molecule has 0 aliphatic carbocycles. The van der Waals surface area contributed by atoms with Crippen LogP contribution >= 0.6 is 34.4 Å². The second-order valence-electron chi connectivity index (χ2n) is 4.12. The first-order chi connectivity index (χ1) is 10.7. The lowest BCUT2D eigenvalue weighted by molar-refractivity contribution is 0.421. The molecule has 3 rings (SSSR count). The number of hydrogen-bond acceptors (Lipinski definition) is 9. The molecule has 0 amide bonds. The minimum atomic E-state index is -0.0275. The highest BCUT2D eigenvalue weighted by Crippen LogP contribution is 2.30. The summed E-state index contributed by atoms with van der Waals surface area (Å²) in [5, 5.41) is 27.9. The highest BCUT2D eigenvalue weighted by atomic mass is 32.2. The van der Waals surface area contributed by atoms with E-state index in [0.29, 0.717) is 14.5 Å². The van der Waals surface area contributed by atoms with Crippen molar-refractivity contribution < 1.29 is 5.11 Å². The van der Waals surface area contributed by atoms with Gasteiger partial charge < -0.3 is 10.8 Å². The van der Waals surface area contributed by atoms with E-state index < -0.39 is 0 Å². The zero-order valence-electron chi connectivity index (χ0n) is 11.1. The molecule has 1 aromatic carbocycles. The van der Waals surface area contributed by atoms with Crippen LogP contribution in [0.4, 0.5) is 5.13 Å². The topological polar surface area (TPSA) is 109 Å². The summed E-state index contributed by atoms with van der Waals surface area (Å²) in [6, 6.07) is 9.63. The molecule has 6 nitrogen and oxygen atoms in total. The van der Waals surface area contributed by atoms with Gasteiger partial charge in [-0.3, -0.25) is 0 Å². The smallest absolute Gasteiger partial charge is 0.203 e. The van der Waals surface area contributed by atoms with Crippen LogP contribution in [-0.2, 0) is 0 Å². The van der Waals surface area contributed by atoms with Gasteiger partial charge in [-0.05, 0) is 12.1 Å². The van der Waals surface area contributed by atoms with E-state index in [9.17, 15) is 10.4 Å². The van der Waals surface area contributed by atoms with E-state index in [2.05, 4.69) is 15.2 Å². The lowest BCUT2D eigenvalue weighted by Crippen LogP contribution is -1.92. The number of para-hydroxylation sites is 1. The molecule has 0 unspecified atom stereocenters. The largest absolute Gasteiger partial charge is 0.510 e. The van der Waals surface area contributed by atoms with E-state index in [0.717, 1.165) is 10.2 Å². The second-order valence-corrected chi connectivity index (χ2v) is 7.38. The Morgan fingerprint density at radius 1 is 1.32 bits per heavy atom. The molecule has 0 aliphatic heterocycles. The molecule has 0 saturated carbocycles. The first kappa shape index (κ1) is 14.8. The SMILES string of the molecule is N#CC(=C(O)CSc1nnc(N)s1)c1nc2ccccc2s1. The van der Waals surface area contributed by atoms with Gasteiger partial charge in [-0.15, -0.1) is 21.5 Å². The molecule has 0 fully saturated rings. The number of nitrogens with two attached hydrogens (primary N) is 1. The minimum absolute atomic E-state index is 0.0275. The fourth-order valence-electron chi connectivity index (χ4n) is 1.70. The van der Waals surface area contributed by atoms with Crippen LogP contribution in [0.5, 0.6) is 0 Å². The molecular weight excluding hydrogens is 338 g/mol. The molecule has 0 atom stereocenters. The van der Waals surface area contributed by atoms with Gasteiger partial charge >= 0.3 is 0 Å². The van der Waals surface area contributed by atoms with E-state index in [1.54, 1.807) is 0 Å². The van der Waals surface area contributed by atoms with Crippen molar-refractivity contribution in [2.24, 2.45) is 0 Å². The fraction of sp³-hybridized carbons (Fsp3) is 0.0769. The van der Waals surface area contributed by atoms with Gasteiger partial charge in [0.1, 0.15) is 22.4 Å². The zero-order valence-corrected chi connectivity index (χ0v) is 13.5. The quantitative estimate of drug-likeness (QED) is 0.423. The molecule has 2 heterocycles. The maximum absolute atomic E-state index is 10.2. The number of allylic oxidation sites excluding steroid dienone is 1. The third-order valence-corrected chi connectivity index (χ3v) is 5.61. The van der Waals surface area contributed by atoms with Gasteiger partial charge in [0.25, 0.3) is 0 Å². The predicted molar refractivity (Wildman–Crippen MR) is 89.8 cm³/mol. The van der Waals surface area contributed by atoms with Crippen molar-refractivity contribution in [3.8, 4) is 6.07 Å². The highest BCUT2D eigenvalue weighted by molar-refractivity contribution is 8.01. The average molecular weight is 347 g/mol. The number of nitrogens with zero attached hydrogens (tertiary/aromatic N) is 4. The summed E-state index contributed by atoms with van der Waals surface area (Å²) < 4.78 is 1.62. The lowest BCUT2D eigenvalue weighted by Gasteiger charge is -1.99. The summed E-state index contributed by atoms with van der Waals surface area (Å²) in [5.74, 6) is 0.188. The van der Waals surface area contributed by atoms with Crippen LogP contribution < -0.4 is 5.73 Å². The molecule has 0 radical (unpaired) electrons. The number of aliphatic hydroxyl groups excluding tert-OH is 1. The van der Waals surface area contributed by atoms with E-state index in [4.69, 9.17) is 5.73 Å². The van der Waals surface area contributed by atoms with Crippen molar-refractivity contribution in [1.29, 1.82) is 5.26 Å². The van der Waals surface area contributed by atoms with Crippen LogP contribution in [0.1, 0.15) is 5.01 Å². The molecule has 0 aliphatic rings. The van der Waals surface area contributed by atoms with Crippen LogP contribution in [-0.4, -0.2) is 26.0 Å². The number of nitrogen functional groups attached to an aromatic ring is 1. The fourth-order valence-corrected chi connectivity index (χ4v) is 4.19. The van der Waals surface area contributed by atoms with Crippen molar-refractivity contribution in [2.75, 3.05) is 11.5 Å². The lowest BCUT2D eigenvalue weighted by atomic mass is 10.2. The number of benzene rings is 1. The maximum atomic E-state index is 10.2. The van der Waals surface area contributed by atoms with Crippen molar-refractivity contribution in [3.05, 3.63) is 35.0 Å². The summed E-state index contributed by atoms with van der Waals surface area (Å²) in [7, 11) is 0. The van der Waals surface area contributed by atoms with Gasteiger partial charge in [-0.2, -0.15) is 5.26 Å². The summed E-state index contributed by atoms with van der Waals surface area (Å²) in [6.07, 6.45) is 0. The zero-order chi connectivity index (χ0) is 15.5. The number of aliphatic hydroxyl groups is 1. The molecule has 9 heteroatoms. The van der Waals surface area contributed by atoms with Crippen LogP contribution in [0.2, 0.25) is 0 Å². The van der Waals surface area contributed by atoms with Crippen molar-refractivity contribution in [1.82, 2.24) is 15.2 Å². The summed E-state index contributed by atoms with van der Waals surface area (Å²) in [5.41, 5.74) is 6.50. The Balaban J connectivity index is 1.86. The molecule has 0 bridgehead atoms. The van der Waals surface area contributed by atoms with Crippen LogP contribution in [0.25, 0.3) is 15.8 Å². The van der Waals surface area contributed by atoms with Crippen molar-refractivity contribution >= 4 is 55.4 Å². The Bertz CT molecular complexity index is 859. The van der Waals surface area contributed by atoms with Crippen LogP contribution in [0.3, 0.4) is 0 Å². The first-order valence-corrected chi connectivity index (χ1v) is 8.69. The molecule has 110 valence electrons. The van der Waals surface area contributed by atoms with Gasteiger partial charge in [0.15, 0.2) is 4.34 Å². The summed E-state index contributed by atoms with van der Waals surface area (Å²) in [4.78, 5) is 4.39. The van der Waals surface area contributed by atoms with E-state index >= 15 is 0 Å². The van der Waals surface area contributed by atoms with Crippen molar-refractivity contribution in [2.45, 2.75) is 4.34 Å². The maximum Gasteiger partial charge on any atom is 0.203 e. The number of fused-ring (bicyclic) bond motifs is 1. The molecule has 2 aromatic heterocycles. The van der Waals surface area contributed by atoms with Gasteiger partial charge in [0, 0.05) is 0 Å². The minimum Gasteiger partial charge on any atom is -0.510 e. The van der Waals surface area contributed by atoms with Gasteiger partial charge in [-0.1, -0.05) is 35.2 Å². The molecular formula is C13H9N5OS3. The predicted octanol–water partition coefficient (Wildman–Crippen LogP) is 3.31. The third-order valence-electron chi connectivity index (χ3n) is 2.66. The Hall–Kier alpha value is -2.15. The Labute approximate surface area is 137 Å². The van der Waals surface area contributed by atoms with Crippen molar-refractivity contribution in [3.63, 3.8) is 0 Å². The second kappa shape index (κ2) is 6.31. The summed E-state index contributed by atoms with van der Waals surface area (Å²) >= 11 is 3.89. The number of hydrogen-bond donors (Lipinski definition) is 2. The Morgan fingerprint density at radius 3 is 2.82 bits per heavy atom. The third kappa shape index (κ3) is 3.04. The number of aromatic nitrogens is 3. The monoisotopic (exact) mass is 347 g/mol. The van der Waals surface area contributed by atoms with E-state index in [1.807, 2.05) is 30.3 Å². The average Bonchev–Trinajstić information content (AvgIpc) is 3.11. The number of thiazole rings is 1. The summed E-state index contributed by atoms with van der Waals surface area (Å²) in [6.45, 7) is 0. The molecule has 0 spiro atoms. The molecule has 3 aromatic rings. The normalized spacial score (nSPS) is 12.1. The standard InChI is InChI=1S/C13H9N5OS3/c14-5-7(9(19)6-20-13-18-17-12(15)22-13)11-16-8-3-1-2-4-10(8)21-11/h1-4,19H,6H2,(H2,15,17). The highest BCUT2D eigenvalue weighted by Gasteiger charge is 2.14. The molecule has 0 saturated heterocycles. The number of nitriles is 1. The molecule has 22 heavy (non-hydrogen) atoms. The van der Waals surface area contributed by atoms with Gasteiger partial charge in [0.2, 0.25) is 5.13 Å². The van der Waals surface area contributed by atoms with E-state index in [-0.39, 0.29) is 17.1 Å². The number of rotatable bonds is 4. The first-order valence-electron chi connectivity index (χ1n) is 6.07. The van der Waals surface area contributed by atoms with E-state index in [1.165, 1.54) is 34.4 Å². The number of thioether (sulfide) groups is 1. The Kier molecular flexibility index (Phi) is 4.24. The van der Waals surface area contributed by atoms with Crippen LogP contribution in [0.15, 0.2) is 34.4 Å². The van der Waals surface area contributed by atoms with Gasteiger partial charge in [0.05, 0.1) is 16.0 Å². The van der Waals surface area contributed by atoms with Gasteiger partial charge in [-0.25, -0.2) is 4.98 Å².